The first-order valence-corrected chi connectivity index (χ1v) is 11.4. The summed E-state index contributed by atoms with van der Waals surface area (Å²) >= 11 is 0. The van der Waals surface area contributed by atoms with Gasteiger partial charge in [-0.15, -0.1) is 0 Å². The van der Waals surface area contributed by atoms with Crippen molar-refractivity contribution in [2.24, 2.45) is 0 Å². The zero-order chi connectivity index (χ0) is 21.5. The van der Waals surface area contributed by atoms with Crippen LogP contribution in [0.3, 0.4) is 0 Å². The summed E-state index contributed by atoms with van der Waals surface area (Å²) in [6, 6.07) is 18.5. The van der Waals surface area contributed by atoms with Gasteiger partial charge in [0, 0.05) is 24.7 Å². The molecule has 2 aromatic carbocycles. The number of carbonyl (C=O) groups is 1. The molecule has 1 N–H and O–H groups in total. The van der Waals surface area contributed by atoms with Gasteiger partial charge in [0.2, 0.25) is 5.91 Å². The first-order valence-electron chi connectivity index (χ1n) is 11.4. The Hall–Kier alpha value is -2.92. The van der Waals surface area contributed by atoms with E-state index in [9.17, 15) is 4.79 Å². The van der Waals surface area contributed by atoms with E-state index < -0.39 is 0 Å². The molecule has 1 aromatic heterocycles. The summed E-state index contributed by atoms with van der Waals surface area (Å²) in [5, 5.41) is 7.95. The number of nitrogens with zero attached hydrogens (tertiary/aromatic N) is 3. The van der Waals surface area contributed by atoms with Crippen molar-refractivity contribution >= 4 is 5.91 Å². The van der Waals surface area contributed by atoms with Crippen LogP contribution in [0.5, 0.6) is 0 Å². The molecule has 1 aliphatic rings. The van der Waals surface area contributed by atoms with E-state index in [0.29, 0.717) is 12.8 Å². The van der Waals surface area contributed by atoms with Crippen molar-refractivity contribution < 1.29 is 4.79 Å². The van der Waals surface area contributed by atoms with Crippen molar-refractivity contribution in [1.29, 1.82) is 0 Å². The van der Waals surface area contributed by atoms with Gasteiger partial charge in [0.1, 0.15) is 0 Å². The molecule has 31 heavy (non-hydrogen) atoms. The van der Waals surface area contributed by atoms with Crippen LogP contribution in [-0.2, 0) is 11.2 Å². The maximum atomic E-state index is 12.4. The number of hydrogen-bond acceptors (Lipinski definition) is 3. The molecule has 1 saturated heterocycles. The molecule has 4 rings (SSSR count). The summed E-state index contributed by atoms with van der Waals surface area (Å²) in [4.78, 5) is 14.9. The monoisotopic (exact) mass is 416 g/mol. The van der Waals surface area contributed by atoms with Crippen LogP contribution in [0, 0.1) is 6.92 Å². The number of nitrogens with one attached hydrogen (secondary N) is 1. The third-order valence-corrected chi connectivity index (χ3v) is 5.93. The molecule has 0 bridgehead atoms. The number of aromatic nitrogens is 2. The van der Waals surface area contributed by atoms with E-state index in [0.717, 1.165) is 42.0 Å². The second-order valence-corrected chi connectivity index (χ2v) is 8.40. The van der Waals surface area contributed by atoms with Gasteiger partial charge in [-0.2, -0.15) is 5.10 Å². The fourth-order valence-electron chi connectivity index (χ4n) is 4.13. The lowest BCUT2D eigenvalue weighted by Gasteiger charge is -2.14. The van der Waals surface area contributed by atoms with Gasteiger partial charge in [-0.05, 0) is 69.9 Å². The molecular formula is C26H32N4O. The Balaban J connectivity index is 1.39. The Morgan fingerprint density at radius 3 is 2.52 bits per heavy atom. The number of aryl methyl sites for hydroxylation is 2. The molecule has 0 unspecified atom stereocenters. The quantitative estimate of drug-likeness (QED) is 0.527. The van der Waals surface area contributed by atoms with E-state index >= 15 is 0 Å². The largest absolute Gasteiger partial charge is 0.356 e. The molecule has 5 heteroatoms. The minimum Gasteiger partial charge on any atom is -0.356 e. The Morgan fingerprint density at radius 2 is 1.77 bits per heavy atom. The predicted molar refractivity (Wildman–Crippen MR) is 125 cm³/mol. The summed E-state index contributed by atoms with van der Waals surface area (Å²) in [5.41, 5.74) is 5.38. The zero-order valence-corrected chi connectivity index (χ0v) is 18.4. The Labute approximate surface area is 185 Å². The van der Waals surface area contributed by atoms with Crippen molar-refractivity contribution in [2.75, 3.05) is 26.2 Å². The topological polar surface area (TPSA) is 50.2 Å². The first kappa shape index (κ1) is 21.3. The summed E-state index contributed by atoms with van der Waals surface area (Å²) < 4.78 is 1.92. The van der Waals surface area contributed by atoms with Crippen LogP contribution in [0.1, 0.15) is 36.8 Å². The number of amides is 1. The highest BCUT2D eigenvalue weighted by Gasteiger charge is 2.14. The third kappa shape index (κ3) is 5.82. The fourth-order valence-corrected chi connectivity index (χ4v) is 4.13. The second-order valence-electron chi connectivity index (χ2n) is 8.40. The van der Waals surface area contributed by atoms with Crippen LogP contribution in [-0.4, -0.2) is 46.8 Å². The van der Waals surface area contributed by atoms with E-state index in [2.05, 4.69) is 47.6 Å². The van der Waals surface area contributed by atoms with Crippen LogP contribution in [0.2, 0.25) is 0 Å². The average Bonchev–Trinajstić information content (AvgIpc) is 3.47. The maximum Gasteiger partial charge on any atom is 0.220 e. The lowest BCUT2D eigenvalue weighted by molar-refractivity contribution is -0.121. The normalized spacial score (nSPS) is 14.1. The van der Waals surface area contributed by atoms with Crippen molar-refractivity contribution in [2.45, 2.75) is 39.0 Å². The minimum absolute atomic E-state index is 0.115. The average molecular weight is 417 g/mol. The summed E-state index contributed by atoms with van der Waals surface area (Å²) in [7, 11) is 0. The van der Waals surface area contributed by atoms with Crippen molar-refractivity contribution in [3.63, 3.8) is 0 Å². The molecule has 3 aromatic rings. The Bertz CT molecular complexity index is 972. The number of para-hydroxylation sites is 1. The van der Waals surface area contributed by atoms with Crippen LogP contribution < -0.4 is 5.32 Å². The zero-order valence-electron chi connectivity index (χ0n) is 18.4. The van der Waals surface area contributed by atoms with E-state index in [-0.39, 0.29) is 5.91 Å². The third-order valence-electron chi connectivity index (χ3n) is 5.93. The number of benzene rings is 2. The molecule has 0 aliphatic carbocycles. The smallest absolute Gasteiger partial charge is 0.220 e. The van der Waals surface area contributed by atoms with E-state index in [1.165, 1.54) is 31.5 Å². The molecule has 1 aliphatic heterocycles. The molecule has 162 valence electrons. The highest BCUT2D eigenvalue weighted by Crippen LogP contribution is 2.25. The Morgan fingerprint density at radius 1 is 1.03 bits per heavy atom. The van der Waals surface area contributed by atoms with Crippen LogP contribution in [0.25, 0.3) is 16.9 Å². The number of hydrogen-bond donors (Lipinski definition) is 1. The van der Waals surface area contributed by atoms with Crippen molar-refractivity contribution in [1.82, 2.24) is 20.0 Å². The number of likely N-dealkylation sites (tertiary alicyclic amines) is 1. The fraction of sp³-hybridized carbons (Fsp3) is 0.385. The molecule has 2 heterocycles. The second kappa shape index (κ2) is 10.4. The summed E-state index contributed by atoms with van der Waals surface area (Å²) in [6.45, 7) is 6.34. The molecule has 0 spiro atoms. The lowest BCUT2D eigenvalue weighted by Crippen LogP contribution is -2.28. The SMILES string of the molecule is Cc1ccc(-c2nn(-c3ccccc3)cc2CCC(=O)NCCCN2CCCC2)cc1. The van der Waals surface area contributed by atoms with Crippen molar-refractivity contribution in [3.8, 4) is 16.9 Å². The predicted octanol–water partition coefficient (Wildman–Crippen LogP) is 4.38. The molecule has 0 saturated carbocycles. The van der Waals surface area contributed by atoms with Crippen LogP contribution >= 0.6 is 0 Å². The molecule has 5 nitrogen and oxygen atoms in total. The Kier molecular flexibility index (Phi) is 7.15. The molecule has 0 radical (unpaired) electrons. The van der Waals surface area contributed by atoms with E-state index in [4.69, 9.17) is 5.10 Å². The van der Waals surface area contributed by atoms with Gasteiger partial charge in [0.25, 0.3) is 0 Å². The molecule has 1 amide bonds. The number of carbonyl (C=O) groups excluding carboxylic acids is 1. The highest BCUT2D eigenvalue weighted by atomic mass is 16.1. The van der Waals surface area contributed by atoms with Gasteiger partial charge in [-0.3, -0.25) is 4.79 Å². The number of rotatable bonds is 9. The molecule has 0 atom stereocenters. The highest BCUT2D eigenvalue weighted by molar-refractivity contribution is 5.76. The first-order chi connectivity index (χ1) is 15.2. The van der Waals surface area contributed by atoms with Gasteiger partial charge in [-0.1, -0.05) is 48.0 Å². The van der Waals surface area contributed by atoms with Gasteiger partial charge in [-0.25, -0.2) is 4.68 Å². The molecular weight excluding hydrogens is 384 g/mol. The van der Waals surface area contributed by atoms with Crippen molar-refractivity contribution in [3.05, 3.63) is 71.9 Å². The van der Waals surface area contributed by atoms with Crippen LogP contribution in [0.4, 0.5) is 0 Å². The van der Waals surface area contributed by atoms with E-state index in [1.54, 1.807) is 0 Å². The van der Waals surface area contributed by atoms with Gasteiger partial charge < -0.3 is 10.2 Å². The minimum atomic E-state index is 0.115. The van der Waals surface area contributed by atoms with Gasteiger partial charge in [0.05, 0.1) is 11.4 Å². The molecule has 1 fully saturated rings. The van der Waals surface area contributed by atoms with Gasteiger partial charge in [0.15, 0.2) is 0 Å². The standard InChI is InChI=1S/C26H32N4O/c1-21-10-12-22(13-11-21)26-23(20-30(28-26)24-8-3-2-4-9-24)14-15-25(31)27-16-7-19-29-17-5-6-18-29/h2-4,8-13,20H,5-7,14-19H2,1H3,(H,27,31). The van der Waals surface area contributed by atoms with Gasteiger partial charge >= 0.3 is 0 Å². The summed E-state index contributed by atoms with van der Waals surface area (Å²) in [6.07, 6.45) is 6.85. The maximum absolute atomic E-state index is 12.4. The lowest BCUT2D eigenvalue weighted by atomic mass is 10.0. The van der Waals surface area contributed by atoms with E-state index in [1.807, 2.05) is 35.0 Å². The van der Waals surface area contributed by atoms with Crippen LogP contribution in [0.15, 0.2) is 60.8 Å². The summed E-state index contributed by atoms with van der Waals surface area (Å²) in [5.74, 6) is 0.115.